The molecule has 2 rings (SSSR count). The van der Waals surface area contributed by atoms with Crippen molar-refractivity contribution >= 4 is 34.0 Å². The smallest absolute Gasteiger partial charge is 0.134 e. The topological polar surface area (TPSA) is 17.1 Å². The molecule has 3 atom stereocenters. The minimum absolute atomic E-state index is 0.316. The van der Waals surface area contributed by atoms with Crippen LogP contribution < -0.4 is 0 Å². The zero-order valence-electron chi connectivity index (χ0n) is 6.04. The molecular formula is C8H6Cl2OS. The van der Waals surface area contributed by atoms with E-state index in [1.54, 1.807) is 0 Å². The van der Waals surface area contributed by atoms with E-state index in [1.807, 2.05) is 24.3 Å². The summed E-state index contributed by atoms with van der Waals surface area (Å²) < 4.78 is 11.0. The Bertz CT molecular complexity index is 340. The zero-order chi connectivity index (χ0) is 8.72. The van der Waals surface area contributed by atoms with E-state index < -0.39 is 15.5 Å². The van der Waals surface area contributed by atoms with Gasteiger partial charge in [-0.25, -0.2) is 0 Å². The van der Waals surface area contributed by atoms with E-state index in [0.29, 0.717) is 0 Å². The van der Waals surface area contributed by atoms with E-state index >= 15 is 0 Å². The maximum absolute atomic E-state index is 11.5. The molecular weight excluding hydrogens is 215 g/mol. The second-order valence-electron chi connectivity index (χ2n) is 2.59. The Morgan fingerprint density at radius 1 is 1.25 bits per heavy atom. The second-order valence-corrected chi connectivity index (χ2v) is 5.33. The SMILES string of the molecule is O=[S@@]1c2ccccc2[C@@H](Cl)[C@@H]1Cl. The lowest BCUT2D eigenvalue weighted by Crippen LogP contribution is -2.02. The van der Waals surface area contributed by atoms with Gasteiger partial charge in [0.15, 0.2) is 0 Å². The van der Waals surface area contributed by atoms with Gasteiger partial charge in [-0.1, -0.05) is 18.2 Å². The number of hydrogen-bond acceptors (Lipinski definition) is 1. The van der Waals surface area contributed by atoms with Crippen molar-refractivity contribution in [3.63, 3.8) is 0 Å². The van der Waals surface area contributed by atoms with Crippen LogP contribution in [0.3, 0.4) is 0 Å². The molecule has 0 fully saturated rings. The molecule has 1 aliphatic heterocycles. The van der Waals surface area contributed by atoms with Crippen molar-refractivity contribution in [3.05, 3.63) is 29.8 Å². The summed E-state index contributed by atoms with van der Waals surface area (Å²) in [4.78, 5) is 0.775. The predicted octanol–water partition coefficient (Wildman–Crippen LogP) is 2.65. The molecule has 1 nitrogen and oxygen atoms in total. The van der Waals surface area contributed by atoms with Gasteiger partial charge in [-0.15, -0.1) is 23.2 Å². The van der Waals surface area contributed by atoms with Crippen LogP contribution in [0.4, 0.5) is 0 Å². The number of benzene rings is 1. The van der Waals surface area contributed by atoms with Gasteiger partial charge < -0.3 is 0 Å². The number of halogens is 2. The minimum atomic E-state index is -1.14. The van der Waals surface area contributed by atoms with Crippen LogP contribution in [0, 0.1) is 0 Å². The van der Waals surface area contributed by atoms with Gasteiger partial charge in [0, 0.05) is 4.90 Å². The van der Waals surface area contributed by atoms with Gasteiger partial charge in [0.1, 0.15) is 4.71 Å². The average Bonchev–Trinajstić information content (AvgIpc) is 2.33. The molecule has 0 unspecified atom stereocenters. The Morgan fingerprint density at radius 2 is 1.92 bits per heavy atom. The van der Waals surface area contributed by atoms with E-state index in [9.17, 15) is 4.21 Å². The molecule has 4 heteroatoms. The van der Waals surface area contributed by atoms with Gasteiger partial charge >= 0.3 is 0 Å². The van der Waals surface area contributed by atoms with Crippen LogP contribution in [0.15, 0.2) is 29.2 Å². The van der Waals surface area contributed by atoms with Gasteiger partial charge in [-0.2, -0.15) is 0 Å². The average molecular weight is 221 g/mol. The Hall–Kier alpha value is -0.0500. The third-order valence-corrected chi connectivity index (χ3v) is 4.86. The maximum Gasteiger partial charge on any atom is 0.134 e. The normalized spacial score (nSPS) is 33.3. The summed E-state index contributed by atoms with van der Waals surface area (Å²) >= 11 is 11.8. The lowest BCUT2D eigenvalue weighted by molar-refractivity contribution is 0.683. The third-order valence-electron chi connectivity index (χ3n) is 1.87. The Balaban J connectivity index is 2.59. The molecule has 0 radical (unpaired) electrons. The van der Waals surface area contributed by atoms with Gasteiger partial charge in [0.05, 0.1) is 16.2 Å². The first-order chi connectivity index (χ1) is 5.72. The van der Waals surface area contributed by atoms with Crippen molar-refractivity contribution in [1.29, 1.82) is 0 Å². The highest BCUT2D eigenvalue weighted by atomic mass is 35.5. The molecule has 0 N–H and O–H groups in total. The molecule has 0 saturated carbocycles. The fourth-order valence-electron chi connectivity index (χ4n) is 1.26. The zero-order valence-corrected chi connectivity index (χ0v) is 8.36. The summed E-state index contributed by atoms with van der Waals surface area (Å²) in [6.07, 6.45) is 0. The van der Waals surface area contributed by atoms with Crippen LogP contribution in [0.25, 0.3) is 0 Å². The predicted molar refractivity (Wildman–Crippen MR) is 51.1 cm³/mol. The highest BCUT2D eigenvalue weighted by molar-refractivity contribution is 7.87. The lowest BCUT2D eigenvalue weighted by atomic mass is 10.2. The minimum Gasteiger partial charge on any atom is -0.253 e. The number of fused-ring (bicyclic) bond motifs is 1. The Morgan fingerprint density at radius 3 is 2.58 bits per heavy atom. The van der Waals surface area contributed by atoms with Crippen LogP contribution in [0.5, 0.6) is 0 Å². The first-order valence-corrected chi connectivity index (χ1v) is 5.58. The van der Waals surface area contributed by atoms with Gasteiger partial charge in [-0.05, 0) is 11.6 Å². The molecule has 0 spiro atoms. The van der Waals surface area contributed by atoms with Crippen molar-refractivity contribution < 1.29 is 4.21 Å². The van der Waals surface area contributed by atoms with Crippen LogP contribution in [0.1, 0.15) is 10.9 Å². The summed E-state index contributed by atoms with van der Waals surface area (Å²) in [6.45, 7) is 0. The summed E-state index contributed by atoms with van der Waals surface area (Å²) in [5.74, 6) is 0. The van der Waals surface area contributed by atoms with Crippen molar-refractivity contribution in [2.45, 2.75) is 15.0 Å². The van der Waals surface area contributed by atoms with Gasteiger partial charge in [0.25, 0.3) is 0 Å². The maximum atomic E-state index is 11.5. The molecule has 0 aliphatic carbocycles. The fourth-order valence-corrected chi connectivity index (χ4v) is 3.47. The quantitative estimate of drug-likeness (QED) is 0.615. The lowest BCUT2D eigenvalue weighted by Gasteiger charge is -2.01. The van der Waals surface area contributed by atoms with Crippen molar-refractivity contribution in [2.75, 3.05) is 0 Å². The van der Waals surface area contributed by atoms with E-state index in [1.165, 1.54) is 0 Å². The standard InChI is InChI=1S/C8H6Cl2OS/c9-7-5-3-1-2-4-6(5)12(11)8(7)10/h1-4,7-8H/t7-,8-,12-/m1/s1. The monoisotopic (exact) mass is 220 g/mol. The van der Waals surface area contributed by atoms with Gasteiger partial charge in [-0.3, -0.25) is 4.21 Å². The summed E-state index contributed by atoms with van der Waals surface area (Å²) in [6, 6.07) is 7.39. The molecule has 0 aromatic heterocycles. The third kappa shape index (κ3) is 1.10. The fraction of sp³-hybridized carbons (Fsp3) is 0.250. The highest BCUT2D eigenvalue weighted by Gasteiger charge is 2.35. The van der Waals surface area contributed by atoms with E-state index in [4.69, 9.17) is 23.2 Å². The molecule has 0 saturated heterocycles. The molecule has 0 bridgehead atoms. The summed E-state index contributed by atoms with van der Waals surface area (Å²) in [7, 11) is -1.14. The van der Waals surface area contributed by atoms with Crippen LogP contribution in [-0.4, -0.2) is 8.92 Å². The van der Waals surface area contributed by atoms with Gasteiger partial charge in [0.2, 0.25) is 0 Å². The number of alkyl halides is 2. The first-order valence-electron chi connectivity index (χ1n) is 3.49. The molecule has 1 aromatic rings. The Labute approximate surface area is 83.1 Å². The van der Waals surface area contributed by atoms with E-state index in [-0.39, 0.29) is 5.38 Å². The summed E-state index contributed by atoms with van der Waals surface area (Å²) in [5, 5.41) is -0.316. The largest absolute Gasteiger partial charge is 0.253 e. The molecule has 1 aliphatic rings. The van der Waals surface area contributed by atoms with E-state index in [2.05, 4.69) is 0 Å². The van der Waals surface area contributed by atoms with Crippen molar-refractivity contribution in [1.82, 2.24) is 0 Å². The highest BCUT2D eigenvalue weighted by Crippen LogP contribution is 2.42. The molecule has 0 amide bonds. The second kappa shape index (κ2) is 3.02. The number of hydrogen-bond donors (Lipinski definition) is 0. The molecule has 12 heavy (non-hydrogen) atoms. The van der Waals surface area contributed by atoms with Crippen molar-refractivity contribution in [2.24, 2.45) is 0 Å². The molecule has 1 heterocycles. The Kier molecular flexibility index (Phi) is 2.15. The van der Waals surface area contributed by atoms with Crippen LogP contribution in [-0.2, 0) is 10.8 Å². The van der Waals surface area contributed by atoms with E-state index in [0.717, 1.165) is 10.5 Å². The first kappa shape index (κ1) is 8.54. The van der Waals surface area contributed by atoms with Crippen molar-refractivity contribution in [3.8, 4) is 0 Å². The summed E-state index contributed by atoms with van der Waals surface area (Å²) in [5.41, 5.74) is 0.900. The molecule has 1 aromatic carbocycles. The van der Waals surface area contributed by atoms with Crippen LogP contribution in [0.2, 0.25) is 0 Å². The number of rotatable bonds is 0. The van der Waals surface area contributed by atoms with Crippen LogP contribution >= 0.6 is 23.2 Å². The molecule has 64 valence electrons.